The van der Waals surface area contributed by atoms with Crippen LogP contribution < -0.4 is 4.90 Å². The van der Waals surface area contributed by atoms with E-state index in [1.54, 1.807) is 17.0 Å². The summed E-state index contributed by atoms with van der Waals surface area (Å²) in [4.78, 5) is 27.9. The van der Waals surface area contributed by atoms with Gasteiger partial charge in [0.25, 0.3) is 5.69 Å². The van der Waals surface area contributed by atoms with Crippen LogP contribution >= 0.6 is 13.5 Å². The fourth-order valence-electron chi connectivity index (χ4n) is 2.96. The van der Waals surface area contributed by atoms with Gasteiger partial charge in [-0.15, -0.1) is 0 Å². The number of anilines is 1. The highest BCUT2D eigenvalue weighted by molar-refractivity contribution is 7.59. The first-order valence-electron chi connectivity index (χ1n) is 7.85. The number of benzene rings is 1. The van der Waals surface area contributed by atoms with Crippen molar-refractivity contribution in [3.63, 3.8) is 0 Å². The number of amides is 1. The number of carbonyl (C=O) groups excluding carboxylic acids is 1. The number of piperazine rings is 1. The molecule has 0 saturated carbocycles. The summed E-state index contributed by atoms with van der Waals surface area (Å²) >= 11 is 0. The first-order valence-corrected chi connectivity index (χ1v) is 7.85. The average molecular weight is 370 g/mol. The maximum absolute atomic E-state index is 11.7. The standard InChI is InChI=1S/C15H20N4O5.H2S/c20-10-14-9-18(15(21)24-14)11-16-5-7-17(8-6-16)12-1-3-13(4-2-12)19(22)23;/h1-4,14,20H,5-11H2;1H2/t14-;/m0./s1. The molecule has 3 rings (SSSR count). The Morgan fingerprint density at radius 3 is 2.36 bits per heavy atom. The van der Waals surface area contributed by atoms with Crippen LogP contribution in [0.25, 0.3) is 0 Å². The molecule has 25 heavy (non-hydrogen) atoms. The van der Waals surface area contributed by atoms with E-state index in [9.17, 15) is 14.9 Å². The van der Waals surface area contributed by atoms with Crippen LogP contribution in [0, 0.1) is 10.1 Å². The molecular weight excluding hydrogens is 348 g/mol. The second-order valence-electron chi connectivity index (χ2n) is 5.93. The quantitative estimate of drug-likeness (QED) is 0.598. The lowest BCUT2D eigenvalue weighted by atomic mass is 10.2. The second-order valence-corrected chi connectivity index (χ2v) is 5.93. The van der Waals surface area contributed by atoms with E-state index in [1.165, 1.54) is 12.1 Å². The smallest absolute Gasteiger partial charge is 0.411 e. The van der Waals surface area contributed by atoms with Gasteiger partial charge in [-0.25, -0.2) is 4.79 Å². The van der Waals surface area contributed by atoms with E-state index in [0.29, 0.717) is 13.2 Å². The minimum Gasteiger partial charge on any atom is -0.442 e. The Kier molecular flexibility index (Phi) is 6.45. The van der Waals surface area contributed by atoms with Crippen molar-refractivity contribution in [2.24, 2.45) is 0 Å². The van der Waals surface area contributed by atoms with E-state index < -0.39 is 11.0 Å². The Morgan fingerprint density at radius 1 is 1.20 bits per heavy atom. The zero-order valence-electron chi connectivity index (χ0n) is 13.7. The van der Waals surface area contributed by atoms with Gasteiger partial charge < -0.3 is 14.7 Å². The van der Waals surface area contributed by atoms with Crippen molar-refractivity contribution in [1.29, 1.82) is 0 Å². The van der Waals surface area contributed by atoms with E-state index in [-0.39, 0.29) is 31.9 Å². The molecule has 1 amide bonds. The number of nitro benzene ring substituents is 1. The molecule has 1 atom stereocenters. The van der Waals surface area contributed by atoms with Gasteiger partial charge in [0.1, 0.15) is 6.10 Å². The number of ether oxygens (including phenoxy) is 1. The van der Waals surface area contributed by atoms with Crippen LogP contribution in [0.3, 0.4) is 0 Å². The molecule has 0 spiro atoms. The molecule has 0 radical (unpaired) electrons. The number of nitro groups is 1. The molecule has 2 heterocycles. The van der Waals surface area contributed by atoms with Gasteiger partial charge in [-0.2, -0.15) is 13.5 Å². The van der Waals surface area contributed by atoms with Gasteiger partial charge in [-0.3, -0.25) is 19.9 Å². The third kappa shape index (κ3) is 4.53. The highest BCUT2D eigenvalue weighted by Gasteiger charge is 2.32. The van der Waals surface area contributed by atoms with Gasteiger partial charge in [0.05, 0.1) is 24.7 Å². The minimum atomic E-state index is -0.432. The third-order valence-electron chi connectivity index (χ3n) is 4.32. The maximum atomic E-state index is 11.7. The number of hydrogen-bond acceptors (Lipinski definition) is 7. The van der Waals surface area contributed by atoms with E-state index in [2.05, 4.69) is 9.80 Å². The molecule has 0 aromatic heterocycles. The molecule has 0 bridgehead atoms. The van der Waals surface area contributed by atoms with Gasteiger partial charge in [0.2, 0.25) is 0 Å². The first-order chi connectivity index (χ1) is 11.6. The van der Waals surface area contributed by atoms with Crippen molar-refractivity contribution in [2.75, 3.05) is 50.9 Å². The SMILES string of the molecule is O=C1O[C@H](CO)CN1CN1CCN(c2ccc([N+](=O)[O-])cc2)CC1.S. The number of hydrogen-bond donors (Lipinski definition) is 1. The number of carbonyl (C=O) groups is 1. The Bertz CT molecular complexity index is 606. The van der Waals surface area contributed by atoms with E-state index in [1.807, 2.05) is 0 Å². The van der Waals surface area contributed by atoms with Gasteiger partial charge in [0, 0.05) is 44.0 Å². The van der Waals surface area contributed by atoms with Crippen LogP contribution in [0.5, 0.6) is 0 Å². The highest BCUT2D eigenvalue weighted by Crippen LogP contribution is 2.21. The number of cyclic esters (lactones) is 1. The fourth-order valence-corrected chi connectivity index (χ4v) is 2.96. The maximum Gasteiger partial charge on any atom is 0.411 e. The average Bonchev–Trinajstić information content (AvgIpc) is 2.95. The molecule has 2 saturated heterocycles. The van der Waals surface area contributed by atoms with Crippen LogP contribution in [0.1, 0.15) is 0 Å². The molecule has 0 unspecified atom stereocenters. The zero-order valence-corrected chi connectivity index (χ0v) is 14.7. The number of aliphatic hydroxyl groups excluding tert-OH is 1. The van der Waals surface area contributed by atoms with Crippen molar-refractivity contribution in [3.05, 3.63) is 34.4 Å². The Labute approximate surface area is 152 Å². The van der Waals surface area contributed by atoms with Gasteiger partial charge >= 0.3 is 6.09 Å². The van der Waals surface area contributed by atoms with Crippen molar-refractivity contribution in [3.8, 4) is 0 Å². The Hall–Kier alpha value is -2.04. The van der Waals surface area contributed by atoms with E-state index >= 15 is 0 Å². The number of non-ortho nitro benzene ring substituents is 1. The molecule has 2 aliphatic rings. The van der Waals surface area contributed by atoms with Crippen molar-refractivity contribution in [2.45, 2.75) is 6.10 Å². The van der Waals surface area contributed by atoms with Crippen LogP contribution in [-0.4, -0.2) is 78.0 Å². The Morgan fingerprint density at radius 2 is 1.84 bits per heavy atom. The zero-order chi connectivity index (χ0) is 17.1. The lowest BCUT2D eigenvalue weighted by Crippen LogP contribution is -2.50. The molecule has 1 aromatic rings. The van der Waals surface area contributed by atoms with Crippen LogP contribution in [0.2, 0.25) is 0 Å². The molecular formula is C15H22N4O5S. The monoisotopic (exact) mass is 370 g/mol. The molecule has 9 nitrogen and oxygen atoms in total. The van der Waals surface area contributed by atoms with Gasteiger partial charge in [-0.1, -0.05) is 0 Å². The normalized spacial score (nSPS) is 21.0. The van der Waals surface area contributed by atoms with Crippen molar-refractivity contribution in [1.82, 2.24) is 9.80 Å². The second kappa shape index (κ2) is 8.37. The first kappa shape index (κ1) is 19.3. The van der Waals surface area contributed by atoms with Crippen molar-refractivity contribution < 1.29 is 19.6 Å². The van der Waals surface area contributed by atoms with E-state index in [4.69, 9.17) is 9.84 Å². The molecule has 1 N–H and O–H groups in total. The van der Waals surface area contributed by atoms with Gasteiger partial charge in [-0.05, 0) is 12.1 Å². The van der Waals surface area contributed by atoms with Crippen LogP contribution in [0.15, 0.2) is 24.3 Å². The largest absolute Gasteiger partial charge is 0.442 e. The minimum absolute atomic E-state index is 0. The molecule has 10 heteroatoms. The summed E-state index contributed by atoms with van der Waals surface area (Å²) in [5, 5.41) is 19.8. The number of rotatable bonds is 5. The molecule has 0 aliphatic carbocycles. The lowest BCUT2D eigenvalue weighted by molar-refractivity contribution is -0.384. The summed E-state index contributed by atoms with van der Waals surface area (Å²) in [6.07, 6.45) is -0.814. The van der Waals surface area contributed by atoms with Crippen LogP contribution in [0.4, 0.5) is 16.2 Å². The predicted molar refractivity (Wildman–Crippen MR) is 96.2 cm³/mol. The molecule has 1 aromatic carbocycles. The van der Waals surface area contributed by atoms with E-state index in [0.717, 1.165) is 31.9 Å². The summed E-state index contributed by atoms with van der Waals surface area (Å²) < 4.78 is 5.03. The molecule has 2 aliphatic heterocycles. The van der Waals surface area contributed by atoms with Gasteiger partial charge in [0.15, 0.2) is 0 Å². The third-order valence-corrected chi connectivity index (χ3v) is 4.32. The Balaban J connectivity index is 0.00000225. The highest BCUT2D eigenvalue weighted by atomic mass is 32.1. The summed E-state index contributed by atoms with van der Waals surface area (Å²) in [7, 11) is 0. The topological polar surface area (TPSA) is 99.4 Å². The molecule has 2 fully saturated rings. The predicted octanol–water partition coefficient (Wildman–Crippen LogP) is 0.600. The summed E-state index contributed by atoms with van der Waals surface area (Å²) in [6.45, 7) is 3.88. The summed E-state index contributed by atoms with van der Waals surface area (Å²) in [5.41, 5.74) is 1.05. The fraction of sp³-hybridized carbons (Fsp3) is 0.533. The van der Waals surface area contributed by atoms with Crippen LogP contribution in [-0.2, 0) is 4.74 Å². The molecule has 138 valence electrons. The summed E-state index contributed by atoms with van der Waals surface area (Å²) in [6, 6.07) is 6.54. The summed E-state index contributed by atoms with van der Waals surface area (Å²) in [5.74, 6) is 0. The number of aliphatic hydroxyl groups is 1. The van der Waals surface area contributed by atoms with Crippen molar-refractivity contribution >= 4 is 31.0 Å². The number of nitrogens with zero attached hydrogens (tertiary/aromatic N) is 4. The lowest BCUT2D eigenvalue weighted by Gasteiger charge is -2.37.